The number of nitrogens with zero attached hydrogens (tertiary/aromatic N) is 4. The van der Waals surface area contributed by atoms with Crippen molar-refractivity contribution >= 4 is 49.7 Å². The summed E-state index contributed by atoms with van der Waals surface area (Å²) in [4.78, 5) is 30.4. The summed E-state index contributed by atoms with van der Waals surface area (Å²) in [5.41, 5.74) is 5.70. The Hall–Kier alpha value is -5.39. The standard InChI is InChI=1S/C35H24N4O5S2/c40-34-31(19-24-21-37(30-16-7-6-14-27(24)30)46(43,44)26-13-8-12-25(20-26)39(41)42)45-35-36-32-28-15-5-4-9-22(28)17-18-29(32)33(38(34)35)23-10-2-1-3-11-23/h1-16,19-21,33H,17-18H2/b31-19+/t33-/m0/s1. The summed E-state index contributed by atoms with van der Waals surface area (Å²) in [5.74, 6) is 0. The molecule has 0 saturated heterocycles. The van der Waals surface area contributed by atoms with E-state index in [0.29, 0.717) is 25.8 Å². The van der Waals surface area contributed by atoms with E-state index in [2.05, 4.69) is 12.1 Å². The summed E-state index contributed by atoms with van der Waals surface area (Å²) in [6.07, 6.45) is 4.82. The molecule has 0 fully saturated rings. The highest BCUT2D eigenvalue weighted by molar-refractivity contribution is 7.90. The lowest BCUT2D eigenvalue weighted by molar-refractivity contribution is -0.385. The van der Waals surface area contributed by atoms with Crippen LogP contribution >= 0.6 is 11.3 Å². The number of hydrogen-bond acceptors (Lipinski definition) is 7. The van der Waals surface area contributed by atoms with Gasteiger partial charge in [0.15, 0.2) is 4.80 Å². The van der Waals surface area contributed by atoms with Gasteiger partial charge in [-0.1, -0.05) is 90.2 Å². The highest BCUT2D eigenvalue weighted by Crippen LogP contribution is 2.41. The number of hydrogen-bond donors (Lipinski definition) is 0. The van der Waals surface area contributed by atoms with Crippen LogP contribution in [0, 0.1) is 10.1 Å². The normalized spacial score (nSPS) is 16.1. The van der Waals surface area contributed by atoms with Gasteiger partial charge in [-0.15, -0.1) is 0 Å². The zero-order valence-corrected chi connectivity index (χ0v) is 25.7. The molecule has 1 aliphatic heterocycles. The minimum absolute atomic E-state index is 0.206. The van der Waals surface area contributed by atoms with E-state index >= 15 is 0 Å². The number of fused-ring (bicyclic) bond motifs is 4. The van der Waals surface area contributed by atoms with E-state index in [-0.39, 0.29) is 22.2 Å². The van der Waals surface area contributed by atoms with Crippen molar-refractivity contribution in [1.82, 2.24) is 8.54 Å². The van der Waals surface area contributed by atoms with Gasteiger partial charge in [0, 0.05) is 34.8 Å². The van der Waals surface area contributed by atoms with Crippen molar-refractivity contribution in [2.45, 2.75) is 23.8 Å². The third-order valence-electron chi connectivity index (χ3n) is 8.57. The van der Waals surface area contributed by atoms with Crippen LogP contribution in [-0.4, -0.2) is 21.9 Å². The van der Waals surface area contributed by atoms with Gasteiger partial charge in [-0.3, -0.25) is 19.5 Å². The number of benzene rings is 4. The fourth-order valence-corrected chi connectivity index (χ4v) is 8.87. The average molecular weight is 645 g/mol. The molecule has 46 heavy (non-hydrogen) atoms. The molecule has 3 heterocycles. The van der Waals surface area contributed by atoms with Gasteiger partial charge in [0.25, 0.3) is 21.3 Å². The van der Waals surface area contributed by atoms with Crippen LogP contribution in [0.5, 0.6) is 0 Å². The number of allylic oxidation sites excluding steroid dienone is 1. The third-order valence-corrected chi connectivity index (χ3v) is 11.2. The number of thiazole rings is 1. The lowest BCUT2D eigenvalue weighted by Gasteiger charge is -2.30. The first-order chi connectivity index (χ1) is 22.3. The molecule has 0 saturated carbocycles. The van der Waals surface area contributed by atoms with Crippen LogP contribution < -0.4 is 14.9 Å². The fraction of sp³-hybridized carbons (Fsp3) is 0.0857. The Morgan fingerprint density at radius 2 is 1.67 bits per heavy atom. The largest absolute Gasteiger partial charge is 0.272 e. The molecule has 0 amide bonds. The van der Waals surface area contributed by atoms with Gasteiger partial charge >= 0.3 is 0 Å². The van der Waals surface area contributed by atoms with Crippen molar-refractivity contribution in [3.63, 3.8) is 0 Å². The molecular weight excluding hydrogens is 621 g/mol. The molecular formula is C35H24N4O5S2. The maximum atomic E-state index is 14.3. The van der Waals surface area contributed by atoms with Crippen molar-refractivity contribution in [3.05, 3.63) is 167 Å². The minimum atomic E-state index is -4.21. The zero-order chi connectivity index (χ0) is 31.6. The van der Waals surface area contributed by atoms with Crippen molar-refractivity contribution in [2.24, 2.45) is 4.99 Å². The second-order valence-electron chi connectivity index (χ2n) is 11.2. The van der Waals surface area contributed by atoms with E-state index in [1.807, 2.05) is 42.5 Å². The van der Waals surface area contributed by atoms with E-state index < -0.39 is 14.9 Å². The summed E-state index contributed by atoms with van der Waals surface area (Å²) in [6, 6.07) is 29.8. The molecule has 8 rings (SSSR count). The first kappa shape index (κ1) is 28.1. The van der Waals surface area contributed by atoms with Crippen molar-refractivity contribution < 1.29 is 13.3 Å². The number of non-ortho nitro benzene ring substituents is 1. The number of para-hydroxylation sites is 1. The SMILES string of the molecule is O=c1/c(=C\c2cn(S(=O)(=O)c3cccc([N+](=O)[O-])c3)c3ccccc23)sc2n1[C@@H](c1ccccc1)C1=C(N=2)c2ccccc2CC1. The Morgan fingerprint density at radius 3 is 2.50 bits per heavy atom. The monoisotopic (exact) mass is 644 g/mol. The molecule has 0 bridgehead atoms. The van der Waals surface area contributed by atoms with E-state index in [0.717, 1.165) is 45.3 Å². The maximum Gasteiger partial charge on any atom is 0.271 e. The Morgan fingerprint density at radius 1 is 0.913 bits per heavy atom. The van der Waals surface area contributed by atoms with Gasteiger partial charge in [-0.2, -0.15) is 0 Å². The first-order valence-corrected chi connectivity index (χ1v) is 16.8. The Balaban J connectivity index is 1.33. The topological polar surface area (TPSA) is 117 Å². The van der Waals surface area contributed by atoms with Crippen molar-refractivity contribution in [2.75, 3.05) is 0 Å². The minimum Gasteiger partial charge on any atom is -0.272 e. The van der Waals surface area contributed by atoms with Crippen LogP contribution in [0.15, 0.2) is 130 Å². The summed E-state index contributed by atoms with van der Waals surface area (Å²) in [7, 11) is -4.21. The third kappa shape index (κ3) is 4.38. The molecule has 2 aliphatic rings. The maximum absolute atomic E-state index is 14.3. The lowest BCUT2D eigenvalue weighted by atomic mass is 9.83. The van der Waals surface area contributed by atoms with E-state index in [1.165, 1.54) is 41.3 Å². The molecule has 2 aromatic heterocycles. The van der Waals surface area contributed by atoms with Gasteiger partial charge in [0.2, 0.25) is 0 Å². The van der Waals surface area contributed by atoms with Crippen LogP contribution in [0.2, 0.25) is 0 Å². The summed E-state index contributed by atoms with van der Waals surface area (Å²) in [6.45, 7) is 0. The number of aryl methyl sites for hydroxylation is 1. The van der Waals surface area contributed by atoms with Gasteiger partial charge in [0.05, 0.1) is 31.6 Å². The van der Waals surface area contributed by atoms with E-state index in [9.17, 15) is 23.3 Å². The van der Waals surface area contributed by atoms with E-state index in [4.69, 9.17) is 4.99 Å². The molecule has 226 valence electrons. The fourth-order valence-electron chi connectivity index (χ4n) is 6.46. The molecule has 1 aliphatic carbocycles. The van der Waals surface area contributed by atoms with Gasteiger partial charge in [0.1, 0.15) is 0 Å². The number of aromatic nitrogens is 2. The van der Waals surface area contributed by atoms with Crippen LogP contribution in [0.25, 0.3) is 22.7 Å². The molecule has 0 spiro atoms. The van der Waals surface area contributed by atoms with Crippen molar-refractivity contribution in [1.29, 1.82) is 0 Å². The van der Waals surface area contributed by atoms with Crippen LogP contribution in [0.4, 0.5) is 5.69 Å². The second kappa shape index (κ2) is 10.6. The Bertz CT molecular complexity index is 2560. The number of rotatable bonds is 5. The Kier molecular flexibility index (Phi) is 6.48. The molecule has 1 atom stereocenters. The highest BCUT2D eigenvalue weighted by atomic mass is 32.2. The van der Waals surface area contributed by atoms with Gasteiger partial charge in [-0.05, 0) is 47.8 Å². The molecule has 0 unspecified atom stereocenters. The van der Waals surface area contributed by atoms with Crippen LogP contribution in [0.3, 0.4) is 0 Å². The lowest BCUT2D eigenvalue weighted by Crippen LogP contribution is -2.38. The highest BCUT2D eigenvalue weighted by Gasteiger charge is 2.32. The number of nitro groups is 1. The van der Waals surface area contributed by atoms with Crippen LogP contribution in [0.1, 0.15) is 34.7 Å². The first-order valence-electron chi connectivity index (χ1n) is 14.6. The van der Waals surface area contributed by atoms with E-state index in [1.54, 1.807) is 34.9 Å². The van der Waals surface area contributed by atoms with Gasteiger partial charge < -0.3 is 0 Å². The number of nitro benzene ring substituents is 1. The predicted molar refractivity (Wildman–Crippen MR) is 177 cm³/mol. The van der Waals surface area contributed by atoms with Gasteiger partial charge in [-0.25, -0.2) is 17.4 Å². The summed E-state index contributed by atoms with van der Waals surface area (Å²) >= 11 is 1.27. The van der Waals surface area contributed by atoms with Crippen molar-refractivity contribution in [3.8, 4) is 0 Å². The molecule has 4 aromatic carbocycles. The zero-order valence-electron chi connectivity index (χ0n) is 24.1. The molecule has 0 radical (unpaired) electrons. The van der Waals surface area contributed by atoms with Crippen LogP contribution in [-0.2, 0) is 16.4 Å². The molecule has 9 nitrogen and oxygen atoms in total. The quantitative estimate of drug-likeness (QED) is 0.184. The Labute approximate surface area is 266 Å². The summed E-state index contributed by atoms with van der Waals surface area (Å²) < 4.78 is 30.9. The molecule has 0 N–H and O–H groups in total. The predicted octanol–water partition coefficient (Wildman–Crippen LogP) is 5.42. The molecule has 11 heteroatoms. The second-order valence-corrected chi connectivity index (χ2v) is 14.0. The molecule has 6 aromatic rings. The smallest absolute Gasteiger partial charge is 0.271 e. The average Bonchev–Trinajstić information content (AvgIpc) is 3.61. The summed E-state index contributed by atoms with van der Waals surface area (Å²) in [5, 5.41) is 12.0.